The number of carbonyl (C=O) groups excluding carboxylic acids is 1. The fourth-order valence-corrected chi connectivity index (χ4v) is 4.66. The summed E-state index contributed by atoms with van der Waals surface area (Å²) in [5.74, 6) is -0.376. The van der Waals surface area contributed by atoms with Gasteiger partial charge in [-0.05, 0) is 66.2 Å². The molecule has 1 heterocycles. The molecule has 0 spiro atoms. The number of phenolic OH excluding ortho intramolecular Hbond substituents is 1. The topological polar surface area (TPSA) is 61.7 Å². The molecular weight excluding hydrogens is 435 g/mol. The molecule has 1 aliphatic heterocycles. The van der Waals surface area contributed by atoms with E-state index in [1.807, 2.05) is 36.4 Å². The normalized spacial score (nSPS) is 12.2. The van der Waals surface area contributed by atoms with Crippen LogP contribution in [-0.2, 0) is 6.54 Å². The van der Waals surface area contributed by atoms with Crippen molar-refractivity contribution in [1.29, 1.82) is 0 Å². The quantitative estimate of drug-likeness (QED) is 0.345. The molecule has 0 aromatic heterocycles. The van der Waals surface area contributed by atoms with Crippen molar-refractivity contribution in [2.45, 2.75) is 16.3 Å². The van der Waals surface area contributed by atoms with E-state index < -0.39 is 0 Å². The molecule has 4 nitrogen and oxygen atoms in total. The first kappa shape index (κ1) is 21.0. The lowest BCUT2D eigenvalue weighted by Crippen LogP contribution is -2.22. The van der Waals surface area contributed by atoms with Crippen LogP contribution in [0.15, 0.2) is 106 Å². The molecule has 0 unspecified atom stereocenters. The zero-order chi connectivity index (χ0) is 22.8. The molecule has 0 atom stereocenters. The van der Waals surface area contributed by atoms with Gasteiger partial charge in [0.25, 0.3) is 5.91 Å². The van der Waals surface area contributed by atoms with Crippen molar-refractivity contribution in [3.63, 3.8) is 0 Å². The number of carbonyl (C=O) groups is 1. The second-order valence-corrected chi connectivity index (χ2v) is 8.68. The highest BCUT2D eigenvalue weighted by Gasteiger charge is 2.20. The summed E-state index contributed by atoms with van der Waals surface area (Å²) in [5.41, 5.74) is 4.47. The molecule has 5 rings (SSSR count). The summed E-state index contributed by atoms with van der Waals surface area (Å²) >= 11 is 1.59. The van der Waals surface area contributed by atoms with Gasteiger partial charge in [-0.15, -0.1) is 0 Å². The van der Waals surface area contributed by atoms with E-state index in [1.165, 1.54) is 12.1 Å². The van der Waals surface area contributed by atoms with Crippen molar-refractivity contribution in [3.8, 4) is 5.75 Å². The fraction of sp³-hybridized carbons (Fsp3) is 0.0370. The molecule has 1 amide bonds. The summed E-state index contributed by atoms with van der Waals surface area (Å²) in [7, 11) is 0. The van der Waals surface area contributed by atoms with Crippen molar-refractivity contribution in [3.05, 3.63) is 119 Å². The van der Waals surface area contributed by atoms with Gasteiger partial charge < -0.3 is 10.4 Å². The smallest absolute Gasteiger partial charge is 0.251 e. The molecule has 0 aliphatic carbocycles. The SMILES string of the molecule is O=C(NCc1cccc(O)c1)c1ccc2c(c1)N=C(c1ccc(F)cc1)c1ccccc1S2. The van der Waals surface area contributed by atoms with Crippen LogP contribution in [-0.4, -0.2) is 16.7 Å². The third-order valence-corrected chi connectivity index (χ3v) is 6.44. The van der Waals surface area contributed by atoms with Gasteiger partial charge in [0.1, 0.15) is 11.6 Å². The average molecular weight is 455 g/mol. The molecule has 162 valence electrons. The summed E-state index contributed by atoms with van der Waals surface area (Å²) in [6, 6.07) is 26.5. The number of phenols is 1. The molecule has 33 heavy (non-hydrogen) atoms. The molecule has 0 fully saturated rings. The lowest BCUT2D eigenvalue weighted by molar-refractivity contribution is 0.0951. The highest BCUT2D eigenvalue weighted by atomic mass is 32.2. The predicted molar refractivity (Wildman–Crippen MR) is 128 cm³/mol. The van der Waals surface area contributed by atoms with Crippen molar-refractivity contribution >= 4 is 29.1 Å². The molecule has 0 radical (unpaired) electrons. The Morgan fingerprint density at radius 3 is 2.55 bits per heavy atom. The lowest BCUT2D eigenvalue weighted by Gasteiger charge is -2.09. The Bertz CT molecular complexity index is 1380. The first-order chi connectivity index (χ1) is 16.1. The average Bonchev–Trinajstić information content (AvgIpc) is 2.99. The summed E-state index contributed by atoms with van der Waals surface area (Å²) in [6.07, 6.45) is 0. The van der Waals surface area contributed by atoms with Gasteiger partial charge >= 0.3 is 0 Å². The predicted octanol–water partition coefficient (Wildman–Crippen LogP) is 6.10. The maximum absolute atomic E-state index is 13.5. The largest absolute Gasteiger partial charge is 0.508 e. The fourth-order valence-electron chi connectivity index (χ4n) is 3.66. The van der Waals surface area contributed by atoms with E-state index in [4.69, 9.17) is 4.99 Å². The summed E-state index contributed by atoms with van der Waals surface area (Å²) in [6.45, 7) is 0.300. The zero-order valence-corrected chi connectivity index (χ0v) is 18.3. The molecule has 6 heteroatoms. The highest BCUT2D eigenvalue weighted by Crippen LogP contribution is 2.41. The van der Waals surface area contributed by atoms with Gasteiger partial charge in [0.05, 0.1) is 11.4 Å². The Balaban J connectivity index is 1.49. The minimum Gasteiger partial charge on any atom is -0.508 e. The van der Waals surface area contributed by atoms with E-state index >= 15 is 0 Å². The second-order valence-electron chi connectivity index (χ2n) is 7.60. The van der Waals surface area contributed by atoms with Crippen molar-refractivity contribution in [2.75, 3.05) is 0 Å². The van der Waals surface area contributed by atoms with Crippen molar-refractivity contribution in [2.24, 2.45) is 4.99 Å². The summed E-state index contributed by atoms with van der Waals surface area (Å²) in [4.78, 5) is 19.7. The van der Waals surface area contributed by atoms with E-state index in [9.17, 15) is 14.3 Å². The highest BCUT2D eigenvalue weighted by molar-refractivity contribution is 7.99. The van der Waals surface area contributed by atoms with E-state index in [1.54, 1.807) is 54.2 Å². The van der Waals surface area contributed by atoms with Gasteiger partial charge in [-0.2, -0.15) is 0 Å². The number of fused-ring (bicyclic) bond motifs is 2. The van der Waals surface area contributed by atoms with E-state index in [0.29, 0.717) is 17.8 Å². The van der Waals surface area contributed by atoms with Crippen LogP contribution in [0.3, 0.4) is 0 Å². The van der Waals surface area contributed by atoms with Gasteiger partial charge in [-0.3, -0.25) is 4.79 Å². The first-order valence-electron chi connectivity index (χ1n) is 10.4. The molecular formula is C27H19FN2O2S. The lowest BCUT2D eigenvalue weighted by atomic mass is 10.0. The van der Waals surface area contributed by atoms with Crippen molar-refractivity contribution < 1.29 is 14.3 Å². The number of nitrogens with zero attached hydrogens (tertiary/aromatic N) is 1. The number of hydrogen-bond donors (Lipinski definition) is 2. The molecule has 4 aromatic carbocycles. The number of aliphatic imine (C=N–C) groups is 1. The summed E-state index contributed by atoms with van der Waals surface area (Å²) < 4.78 is 13.5. The maximum atomic E-state index is 13.5. The molecule has 4 aromatic rings. The van der Waals surface area contributed by atoms with Crippen LogP contribution in [0.5, 0.6) is 5.75 Å². The number of halogens is 1. The number of rotatable bonds is 4. The second kappa shape index (κ2) is 8.92. The van der Waals surface area contributed by atoms with Gasteiger partial charge in [-0.1, -0.05) is 42.1 Å². The van der Waals surface area contributed by atoms with Gasteiger partial charge in [0, 0.05) is 33.0 Å². The monoisotopic (exact) mass is 454 g/mol. The number of amides is 1. The van der Waals surface area contributed by atoms with Gasteiger partial charge in [0.2, 0.25) is 0 Å². The Morgan fingerprint density at radius 1 is 0.909 bits per heavy atom. The molecule has 0 saturated heterocycles. The Labute approximate surface area is 194 Å². The number of benzene rings is 4. The standard InChI is InChI=1S/C27H19FN2O2S/c28-20-11-8-18(9-12-20)26-22-6-1-2-7-24(22)33-25-13-10-19(15-23(25)30-26)27(32)29-16-17-4-3-5-21(31)14-17/h1-15,31H,16H2,(H,29,32). The number of hydrogen-bond acceptors (Lipinski definition) is 4. The van der Waals surface area contributed by atoms with E-state index in [-0.39, 0.29) is 17.5 Å². The zero-order valence-electron chi connectivity index (χ0n) is 17.5. The van der Waals surface area contributed by atoms with Crippen LogP contribution < -0.4 is 5.32 Å². The Hall–Kier alpha value is -3.90. The maximum Gasteiger partial charge on any atom is 0.251 e. The van der Waals surface area contributed by atoms with Gasteiger partial charge in [0.15, 0.2) is 0 Å². The van der Waals surface area contributed by atoms with Crippen LogP contribution in [0.2, 0.25) is 0 Å². The van der Waals surface area contributed by atoms with Gasteiger partial charge in [-0.25, -0.2) is 9.38 Å². The minimum atomic E-state index is -0.304. The number of nitrogens with one attached hydrogen (secondary N) is 1. The van der Waals surface area contributed by atoms with Crippen LogP contribution in [0.4, 0.5) is 10.1 Å². The molecule has 1 aliphatic rings. The molecule has 0 saturated carbocycles. The molecule has 0 bridgehead atoms. The Kier molecular flexibility index (Phi) is 5.67. The van der Waals surface area contributed by atoms with Crippen LogP contribution in [0.1, 0.15) is 27.0 Å². The first-order valence-corrected chi connectivity index (χ1v) is 11.2. The van der Waals surface area contributed by atoms with E-state index in [2.05, 4.69) is 5.32 Å². The third-order valence-electron chi connectivity index (χ3n) is 5.30. The Morgan fingerprint density at radius 2 is 1.73 bits per heavy atom. The van der Waals surface area contributed by atoms with E-state index in [0.717, 1.165) is 32.2 Å². The van der Waals surface area contributed by atoms with Crippen molar-refractivity contribution in [1.82, 2.24) is 5.32 Å². The third kappa shape index (κ3) is 4.52. The summed E-state index contributed by atoms with van der Waals surface area (Å²) in [5, 5.41) is 12.5. The van der Waals surface area contributed by atoms with Crippen LogP contribution in [0, 0.1) is 5.82 Å². The van der Waals surface area contributed by atoms with Crippen LogP contribution >= 0.6 is 11.8 Å². The minimum absolute atomic E-state index is 0.158. The number of aromatic hydroxyl groups is 1. The molecule has 2 N–H and O–H groups in total. The van der Waals surface area contributed by atoms with Crippen LogP contribution in [0.25, 0.3) is 0 Å².